The molecule has 0 aromatic heterocycles. The summed E-state index contributed by atoms with van der Waals surface area (Å²) in [6.45, 7) is 0. The molecule has 0 bridgehead atoms. The zero-order valence-electron chi connectivity index (χ0n) is 11.6. The van der Waals surface area contributed by atoms with E-state index >= 15 is 0 Å². The van der Waals surface area contributed by atoms with E-state index in [1.54, 1.807) is 0 Å². The number of anilines is 1. The van der Waals surface area contributed by atoms with Crippen molar-refractivity contribution >= 4 is 17.6 Å². The van der Waals surface area contributed by atoms with Gasteiger partial charge in [-0.1, -0.05) is 48.5 Å². The Morgan fingerprint density at radius 3 is 2.29 bits per heavy atom. The summed E-state index contributed by atoms with van der Waals surface area (Å²) in [6, 6.07) is 17.5. The smallest absolute Gasteiger partial charge is 0.303 e. The topological polar surface area (TPSA) is 66.4 Å². The molecule has 0 heterocycles. The summed E-state index contributed by atoms with van der Waals surface area (Å²) in [5.41, 5.74) is 2.90. The number of carboxylic acids is 1. The van der Waals surface area contributed by atoms with Gasteiger partial charge in [0.05, 0.1) is 6.42 Å². The molecule has 0 aliphatic carbocycles. The summed E-state index contributed by atoms with van der Waals surface area (Å²) < 4.78 is 0. The van der Waals surface area contributed by atoms with Crippen LogP contribution in [0.1, 0.15) is 24.0 Å². The third-order valence-electron chi connectivity index (χ3n) is 3.09. The van der Waals surface area contributed by atoms with Crippen molar-refractivity contribution in [3.05, 3.63) is 65.7 Å². The molecule has 21 heavy (non-hydrogen) atoms. The highest BCUT2D eigenvalue weighted by Crippen LogP contribution is 2.19. The molecule has 0 saturated heterocycles. The van der Waals surface area contributed by atoms with E-state index in [2.05, 4.69) is 5.32 Å². The maximum Gasteiger partial charge on any atom is 0.303 e. The molecule has 0 saturated carbocycles. The zero-order valence-corrected chi connectivity index (χ0v) is 11.6. The van der Waals surface area contributed by atoms with Gasteiger partial charge in [-0.3, -0.25) is 9.59 Å². The number of nitrogens with one attached hydrogen (secondary N) is 1. The molecule has 0 unspecified atom stereocenters. The highest BCUT2D eigenvalue weighted by atomic mass is 16.4. The Balaban J connectivity index is 2.06. The maximum atomic E-state index is 11.7. The lowest BCUT2D eigenvalue weighted by Gasteiger charge is -2.11. The molecule has 0 radical (unpaired) electrons. The predicted molar refractivity (Wildman–Crippen MR) is 81.2 cm³/mol. The summed E-state index contributed by atoms with van der Waals surface area (Å²) in [5, 5.41) is 11.4. The first kappa shape index (κ1) is 14.8. The van der Waals surface area contributed by atoms with Crippen LogP contribution in [-0.4, -0.2) is 17.0 Å². The molecule has 0 aliphatic heterocycles. The van der Waals surface area contributed by atoms with Gasteiger partial charge in [0.15, 0.2) is 0 Å². The number of amides is 1. The molecule has 2 aromatic carbocycles. The normalized spacial score (nSPS) is 10.1. The Kier molecular flexibility index (Phi) is 5.10. The van der Waals surface area contributed by atoms with E-state index in [0.29, 0.717) is 0 Å². The number of rotatable bonds is 6. The van der Waals surface area contributed by atoms with Gasteiger partial charge in [-0.2, -0.15) is 0 Å². The molecule has 0 aliphatic rings. The molecule has 2 aromatic rings. The lowest BCUT2D eigenvalue weighted by Crippen LogP contribution is -2.14. The monoisotopic (exact) mass is 283 g/mol. The molecule has 0 fully saturated rings. The van der Waals surface area contributed by atoms with E-state index in [1.165, 1.54) is 0 Å². The Hall–Kier alpha value is -2.62. The molecule has 0 atom stereocenters. The van der Waals surface area contributed by atoms with E-state index in [-0.39, 0.29) is 18.7 Å². The van der Waals surface area contributed by atoms with Gasteiger partial charge >= 0.3 is 5.97 Å². The summed E-state index contributed by atoms with van der Waals surface area (Å²) in [4.78, 5) is 22.2. The van der Waals surface area contributed by atoms with Crippen molar-refractivity contribution in [1.29, 1.82) is 0 Å². The van der Waals surface area contributed by atoms with Crippen molar-refractivity contribution in [3.8, 4) is 0 Å². The molecule has 2 N–H and O–H groups in total. The van der Waals surface area contributed by atoms with Gasteiger partial charge < -0.3 is 10.4 Å². The van der Waals surface area contributed by atoms with Crippen LogP contribution >= 0.6 is 0 Å². The highest BCUT2D eigenvalue weighted by Gasteiger charge is 2.08. The third kappa shape index (κ3) is 4.76. The number of para-hydroxylation sites is 1. The summed E-state index contributed by atoms with van der Waals surface area (Å²) in [5.74, 6) is -1.25. The SMILES string of the molecule is O=C(O)CCC(=O)Nc1ccccc1Cc1ccccc1. The van der Waals surface area contributed by atoms with Crippen molar-refractivity contribution in [3.63, 3.8) is 0 Å². The molecular formula is C17H17NO3. The van der Waals surface area contributed by atoms with Crippen molar-refractivity contribution in [2.45, 2.75) is 19.3 Å². The lowest BCUT2D eigenvalue weighted by atomic mass is 10.0. The molecule has 0 spiro atoms. The van der Waals surface area contributed by atoms with Crippen LogP contribution in [0.25, 0.3) is 0 Å². The van der Waals surface area contributed by atoms with Crippen LogP contribution in [0.15, 0.2) is 54.6 Å². The number of carboxylic acid groups (broad SMARTS) is 1. The largest absolute Gasteiger partial charge is 0.481 e. The second kappa shape index (κ2) is 7.24. The van der Waals surface area contributed by atoms with Crippen LogP contribution in [0.2, 0.25) is 0 Å². The van der Waals surface area contributed by atoms with E-state index < -0.39 is 5.97 Å². The van der Waals surface area contributed by atoms with Gasteiger partial charge in [-0.25, -0.2) is 0 Å². The minimum atomic E-state index is -0.970. The molecule has 4 heteroatoms. The number of benzene rings is 2. The van der Waals surface area contributed by atoms with Crippen LogP contribution < -0.4 is 5.32 Å². The van der Waals surface area contributed by atoms with Crippen LogP contribution in [0.5, 0.6) is 0 Å². The Labute approximate surface area is 123 Å². The first-order chi connectivity index (χ1) is 10.1. The fourth-order valence-electron chi connectivity index (χ4n) is 2.05. The van der Waals surface area contributed by atoms with E-state index in [1.807, 2.05) is 54.6 Å². The maximum absolute atomic E-state index is 11.7. The Morgan fingerprint density at radius 1 is 0.905 bits per heavy atom. The fourth-order valence-corrected chi connectivity index (χ4v) is 2.05. The molecule has 2 rings (SSSR count). The second-order valence-corrected chi connectivity index (χ2v) is 4.76. The van der Waals surface area contributed by atoms with Gasteiger partial charge in [0.2, 0.25) is 5.91 Å². The van der Waals surface area contributed by atoms with Crippen molar-refractivity contribution in [2.75, 3.05) is 5.32 Å². The van der Waals surface area contributed by atoms with Crippen molar-refractivity contribution in [2.24, 2.45) is 0 Å². The van der Waals surface area contributed by atoms with Crippen LogP contribution in [0, 0.1) is 0 Å². The quantitative estimate of drug-likeness (QED) is 0.856. The Bertz CT molecular complexity index is 623. The summed E-state index contributed by atoms with van der Waals surface area (Å²) >= 11 is 0. The number of aliphatic carboxylic acids is 1. The average molecular weight is 283 g/mol. The van der Waals surface area contributed by atoms with E-state index in [0.717, 1.165) is 23.2 Å². The number of hydrogen-bond acceptors (Lipinski definition) is 2. The summed E-state index contributed by atoms with van der Waals surface area (Å²) in [6.07, 6.45) is 0.540. The molecule has 1 amide bonds. The van der Waals surface area contributed by atoms with Crippen molar-refractivity contribution in [1.82, 2.24) is 0 Å². The van der Waals surface area contributed by atoms with Crippen LogP contribution in [0.3, 0.4) is 0 Å². The molecule has 4 nitrogen and oxygen atoms in total. The number of carbonyl (C=O) groups is 2. The third-order valence-corrected chi connectivity index (χ3v) is 3.09. The minimum Gasteiger partial charge on any atom is -0.481 e. The van der Waals surface area contributed by atoms with Crippen LogP contribution in [0.4, 0.5) is 5.69 Å². The Morgan fingerprint density at radius 2 is 1.57 bits per heavy atom. The predicted octanol–water partition coefficient (Wildman–Crippen LogP) is 3.08. The zero-order chi connectivity index (χ0) is 15.1. The second-order valence-electron chi connectivity index (χ2n) is 4.76. The highest BCUT2D eigenvalue weighted by molar-refractivity contribution is 5.93. The van der Waals surface area contributed by atoms with Gasteiger partial charge in [0.25, 0.3) is 0 Å². The first-order valence-corrected chi connectivity index (χ1v) is 6.78. The van der Waals surface area contributed by atoms with Crippen LogP contribution in [-0.2, 0) is 16.0 Å². The summed E-state index contributed by atoms with van der Waals surface area (Å²) in [7, 11) is 0. The van der Waals surface area contributed by atoms with E-state index in [4.69, 9.17) is 5.11 Å². The van der Waals surface area contributed by atoms with Gasteiger partial charge in [-0.15, -0.1) is 0 Å². The fraction of sp³-hybridized carbons (Fsp3) is 0.176. The minimum absolute atomic E-state index is 0.0188. The van der Waals surface area contributed by atoms with Crippen molar-refractivity contribution < 1.29 is 14.7 Å². The standard InChI is InChI=1S/C17H17NO3/c19-16(10-11-17(20)21)18-15-9-5-4-8-14(15)12-13-6-2-1-3-7-13/h1-9H,10-12H2,(H,18,19)(H,20,21). The average Bonchev–Trinajstić information content (AvgIpc) is 2.48. The number of hydrogen-bond donors (Lipinski definition) is 2. The number of carbonyl (C=O) groups excluding carboxylic acids is 1. The van der Waals surface area contributed by atoms with Gasteiger partial charge in [-0.05, 0) is 23.6 Å². The van der Waals surface area contributed by atoms with Gasteiger partial charge in [0, 0.05) is 12.1 Å². The van der Waals surface area contributed by atoms with Gasteiger partial charge in [0.1, 0.15) is 0 Å². The first-order valence-electron chi connectivity index (χ1n) is 6.78. The molecule has 108 valence electrons. The molecular weight excluding hydrogens is 266 g/mol. The van der Waals surface area contributed by atoms with E-state index in [9.17, 15) is 9.59 Å². The lowest BCUT2D eigenvalue weighted by molar-refractivity contribution is -0.138.